The van der Waals surface area contributed by atoms with E-state index >= 15 is 0 Å². The van der Waals surface area contributed by atoms with Crippen LogP contribution >= 0.6 is 0 Å². The van der Waals surface area contributed by atoms with Crippen molar-refractivity contribution in [2.45, 2.75) is 32.4 Å². The molecule has 0 unspecified atom stereocenters. The number of piperidine rings is 1. The number of ether oxygens (including phenoxy) is 1. The lowest BCUT2D eigenvalue weighted by Gasteiger charge is -2.30. The minimum Gasteiger partial charge on any atom is -0.497 e. The van der Waals surface area contributed by atoms with Gasteiger partial charge >= 0.3 is 0 Å². The summed E-state index contributed by atoms with van der Waals surface area (Å²) in [7, 11) is 1.54. The second kappa shape index (κ2) is 10.0. The third kappa shape index (κ3) is 4.33. The van der Waals surface area contributed by atoms with Gasteiger partial charge in [0.25, 0.3) is 5.56 Å². The summed E-state index contributed by atoms with van der Waals surface area (Å²) >= 11 is 0. The van der Waals surface area contributed by atoms with Crippen molar-refractivity contribution >= 4 is 22.6 Å². The minimum atomic E-state index is -0.361. The van der Waals surface area contributed by atoms with Crippen LogP contribution in [-0.4, -0.2) is 45.1 Å². The average Bonchev–Trinajstić information content (AvgIpc) is 3.24. The molecule has 1 fully saturated rings. The second-order valence-corrected chi connectivity index (χ2v) is 8.84. The molecule has 1 aliphatic heterocycles. The summed E-state index contributed by atoms with van der Waals surface area (Å²) in [4.78, 5) is 37.7. The summed E-state index contributed by atoms with van der Waals surface area (Å²) in [5.74, 6) is 1.04. The summed E-state index contributed by atoms with van der Waals surface area (Å²) in [5.41, 5.74) is 2.05. The normalized spacial score (nSPS) is 13.5. The molecule has 9 nitrogen and oxygen atoms in total. The third-order valence-electron chi connectivity index (χ3n) is 6.54. The van der Waals surface area contributed by atoms with Crippen LogP contribution in [0.15, 0.2) is 59.9 Å². The number of anilines is 1. The highest BCUT2D eigenvalue weighted by Crippen LogP contribution is 2.32. The molecule has 0 atom stereocenters. The van der Waals surface area contributed by atoms with Crippen LogP contribution in [0.4, 0.5) is 5.82 Å². The van der Waals surface area contributed by atoms with Crippen LogP contribution in [0.5, 0.6) is 5.75 Å². The molecule has 0 N–H and O–H groups in total. The first-order valence-corrected chi connectivity index (χ1v) is 11.9. The Morgan fingerprint density at radius 2 is 2.00 bits per heavy atom. The number of ketones is 1. The van der Waals surface area contributed by atoms with Gasteiger partial charge in [-0.2, -0.15) is 5.26 Å². The molecular formula is C27H26N6O3. The number of nitrogens with zero attached hydrogens (tertiary/aromatic N) is 6. The molecule has 4 heterocycles. The highest BCUT2D eigenvalue weighted by atomic mass is 16.5. The van der Waals surface area contributed by atoms with Gasteiger partial charge in [0, 0.05) is 31.0 Å². The number of methoxy groups -OCH3 is 1. The van der Waals surface area contributed by atoms with Crippen LogP contribution in [0.25, 0.3) is 11.0 Å². The number of Topliss-reactive ketones (excluding diaryl/α,β-unsaturated/α-hetero) is 1. The van der Waals surface area contributed by atoms with Crippen LogP contribution in [0.2, 0.25) is 0 Å². The molecule has 9 heteroatoms. The lowest BCUT2D eigenvalue weighted by atomic mass is 10.1. The predicted molar refractivity (Wildman–Crippen MR) is 135 cm³/mol. The Bertz CT molecular complexity index is 1510. The summed E-state index contributed by atoms with van der Waals surface area (Å²) in [6.45, 7) is 1.80. The number of pyridine rings is 1. The van der Waals surface area contributed by atoms with E-state index in [2.05, 4.69) is 20.9 Å². The van der Waals surface area contributed by atoms with Gasteiger partial charge in [-0.05, 0) is 43.0 Å². The van der Waals surface area contributed by atoms with Crippen molar-refractivity contribution in [3.8, 4) is 11.8 Å². The largest absolute Gasteiger partial charge is 0.497 e. The number of nitriles is 1. The maximum atomic E-state index is 13.8. The summed E-state index contributed by atoms with van der Waals surface area (Å²) in [6, 6.07) is 12.9. The number of hydrogen-bond donors (Lipinski definition) is 0. The zero-order valence-corrected chi connectivity index (χ0v) is 20.1. The van der Waals surface area contributed by atoms with Crippen molar-refractivity contribution in [2.75, 3.05) is 25.1 Å². The van der Waals surface area contributed by atoms with Gasteiger partial charge < -0.3 is 14.2 Å². The Hall–Kier alpha value is -4.45. The van der Waals surface area contributed by atoms with E-state index in [1.54, 1.807) is 36.7 Å². The predicted octanol–water partition coefficient (Wildman–Crippen LogP) is 3.39. The van der Waals surface area contributed by atoms with Crippen LogP contribution in [0, 0.1) is 11.3 Å². The Morgan fingerprint density at radius 3 is 2.72 bits per heavy atom. The van der Waals surface area contributed by atoms with E-state index in [-0.39, 0.29) is 17.9 Å². The first-order valence-electron chi connectivity index (χ1n) is 11.9. The highest BCUT2D eigenvalue weighted by Gasteiger charge is 2.27. The number of carbonyl (C=O) groups excluding carboxylic acids is 1. The van der Waals surface area contributed by atoms with E-state index in [9.17, 15) is 14.9 Å². The number of aromatic nitrogens is 4. The average molecular weight is 483 g/mol. The fourth-order valence-electron chi connectivity index (χ4n) is 4.77. The maximum Gasteiger partial charge on any atom is 0.278 e. The number of rotatable bonds is 7. The van der Waals surface area contributed by atoms with Gasteiger partial charge in [0.15, 0.2) is 5.78 Å². The fourth-order valence-corrected chi connectivity index (χ4v) is 4.77. The first kappa shape index (κ1) is 23.3. The molecule has 5 rings (SSSR count). The quantitative estimate of drug-likeness (QED) is 0.372. The van der Waals surface area contributed by atoms with Crippen LogP contribution < -0.4 is 15.2 Å². The van der Waals surface area contributed by atoms with Gasteiger partial charge in [-0.25, -0.2) is 4.98 Å². The fraction of sp³-hybridized carbons (Fsp3) is 0.296. The minimum absolute atomic E-state index is 0.173. The van der Waals surface area contributed by atoms with Crippen molar-refractivity contribution in [2.24, 2.45) is 0 Å². The van der Waals surface area contributed by atoms with E-state index in [0.29, 0.717) is 40.3 Å². The van der Waals surface area contributed by atoms with Crippen LogP contribution in [0.3, 0.4) is 0 Å². The number of fused-ring (bicyclic) bond motifs is 1. The Balaban J connectivity index is 1.64. The lowest BCUT2D eigenvalue weighted by molar-refractivity contribution is 0.0970. The van der Waals surface area contributed by atoms with E-state index in [1.165, 1.54) is 18.0 Å². The van der Waals surface area contributed by atoms with E-state index in [4.69, 9.17) is 4.74 Å². The zero-order valence-electron chi connectivity index (χ0n) is 20.1. The van der Waals surface area contributed by atoms with Crippen LogP contribution in [0.1, 0.15) is 40.7 Å². The Morgan fingerprint density at radius 1 is 1.17 bits per heavy atom. The van der Waals surface area contributed by atoms with Crippen molar-refractivity contribution in [3.63, 3.8) is 0 Å². The molecule has 4 aromatic rings. The smallest absolute Gasteiger partial charge is 0.278 e. The molecule has 36 heavy (non-hydrogen) atoms. The van der Waals surface area contributed by atoms with E-state index in [1.807, 2.05) is 16.7 Å². The van der Waals surface area contributed by atoms with Crippen molar-refractivity contribution in [3.05, 3.63) is 82.2 Å². The van der Waals surface area contributed by atoms with Crippen molar-refractivity contribution in [1.29, 1.82) is 5.26 Å². The SMILES string of the molecule is COc1cccc(C(=O)Cn2cnc3c(C#N)c(N4CCCCC4)n(Cc4cccnc4)c3c2=O)c1. The number of hydrogen-bond acceptors (Lipinski definition) is 7. The molecule has 3 aromatic heterocycles. The second-order valence-electron chi connectivity index (χ2n) is 8.84. The maximum absolute atomic E-state index is 13.8. The molecule has 0 aliphatic carbocycles. The molecule has 1 aliphatic rings. The van der Waals surface area contributed by atoms with E-state index in [0.717, 1.165) is 37.9 Å². The van der Waals surface area contributed by atoms with Gasteiger partial charge in [0.2, 0.25) is 0 Å². The molecule has 0 amide bonds. The number of carbonyl (C=O) groups is 1. The Labute approximate surface area is 208 Å². The van der Waals surface area contributed by atoms with Gasteiger partial charge in [0.1, 0.15) is 34.2 Å². The Kier molecular flexibility index (Phi) is 6.50. The molecule has 182 valence electrons. The van der Waals surface area contributed by atoms with Crippen LogP contribution in [-0.2, 0) is 13.1 Å². The lowest BCUT2D eigenvalue weighted by Crippen LogP contribution is -2.32. The molecular weight excluding hydrogens is 456 g/mol. The van der Waals surface area contributed by atoms with E-state index < -0.39 is 0 Å². The van der Waals surface area contributed by atoms with Crippen molar-refractivity contribution in [1.82, 2.24) is 19.1 Å². The molecule has 0 spiro atoms. The summed E-state index contributed by atoms with van der Waals surface area (Å²) in [5, 5.41) is 10.1. The highest BCUT2D eigenvalue weighted by molar-refractivity contribution is 5.96. The molecule has 1 saturated heterocycles. The summed E-state index contributed by atoms with van der Waals surface area (Å²) in [6.07, 6.45) is 7.98. The van der Waals surface area contributed by atoms with Gasteiger partial charge in [-0.15, -0.1) is 0 Å². The molecule has 0 radical (unpaired) electrons. The third-order valence-corrected chi connectivity index (χ3v) is 6.54. The first-order chi connectivity index (χ1) is 17.6. The molecule has 1 aromatic carbocycles. The topological polar surface area (TPSA) is 106 Å². The van der Waals surface area contributed by atoms with Gasteiger partial charge in [0.05, 0.1) is 26.5 Å². The van der Waals surface area contributed by atoms with Gasteiger partial charge in [-0.3, -0.25) is 19.1 Å². The molecule has 0 saturated carbocycles. The monoisotopic (exact) mass is 482 g/mol. The number of benzene rings is 1. The van der Waals surface area contributed by atoms with Gasteiger partial charge in [-0.1, -0.05) is 18.2 Å². The standard InChI is InChI=1S/C27H26N6O3/c1-36-21-9-5-8-20(13-21)23(34)17-32-18-30-24-22(14-28)26(31-11-3-2-4-12-31)33(25(24)27(32)35)16-19-7-6-10-29-15-19/h5-10,13,15,18H,2-4,11-12,16-17H2,1H3. The summed E-state index contributed by atoms with van der Waals surface area (Å²) < 4.78 is 8.40. The van der Waals surface area contributed by atoms with Crippen molar-refractivity contribution < 1.29 is 9.53 Å². The molecule has 0 bridgehead atoms. The zero-order chi connectivity index (χ0) is 25.1.